The molecule has 21 heavy (non-hydrogen) atoms. The molecule has 0 aliphatic carbocycles. The number of ether oxygens (including phenoxy) is 1. The Hall–Kier alpha value is -1.84. The van der Waals surface area contributed by atoms with E-state index in [4.69, 9.17) is 4.74 Å². The molecule has 2 aromatic rings. The molecule has 0 saturated carbocycles. The third-order valence-electron chi connectivity index (χ3n) is 3.91. The normalized spacial score (nSPS) is 19.4. The summed E-state index contributed by atoms with van der Waals surface area (Å²) < 4.78 is 5.75. The first-order valence-corrected chi connectivity index (χ1v) is 7.55. The van der Waals surface area contributed by atoms with E-state index < -0.39 is 6.10 Å². The van der Waals surface area contributed by atoms with Crippen molar-refractivity contribution in [3.8, 4) is 11.5 Å². The summed E-state index contributed by atoms with van der Waals surface area (Å²) in [6.45, 7) is 1.07. The van der Waals surface area contributed by atoms with Crippen LogP contribution in [0.5, 0.6) is 11.5 Å². The van der Waals surface area contributed by atoms with Crippen molar-refractivity contribution in [3.63, 3.8) is 0 Å². The first-order valence-electron chi connectivity index (χ1n) is 7.55. The fraction of sp³-hybridized carbons (Fsp3) is 0.333. The van der Waals surface area contributed by atoms with Gasteiger partial charge in [-0.2, -0.15) is 0 Å². The molecule has 0 spiro atoms. The van der Waals surface area contributed by atoms with Gasteiger partial charge in [0.15, 0.2) is 0 Å². The standard InChI is InChI=1S/C18H21NO2/c20-18(13-15-5-4-12-19-15)14-8-10-17(11-9-14)21-16-6-2-1-3-7-16/h1-3,6-11,15,18-20H,4-5,12-13H2. The molecule has 3 heteroatoms. The van der Waals surface area contributed by atoms with Gasteiger partial charge in [0.1, 0.15) is 11.5 Å². The summed E-state index contributed by atoms with van der Waals surface area (Å²) in [4.78, 5) is 0. The van der Waals surface area contributed by atoms with Crippen molar-refractivity contribution in [2.75, 3.05) is 6.54 Å². The second-order valence-electron chi connectivity index (χ2n) is 5.53. The summed E-state index contributed by atoms with van der Waals surface area (Å²) in [5, 5.41) is 13.7. The maximum atomic E-state index is 10.3. The Morgan fingerprint density at radius 3 is 2.43 bits per heavy atom. The molecule has 3 nitrogen and oxygen atoms in total. The first kappa shape index (κ1) is 14.1. The van der Waals surface area contributed by atoms with Crippen molar-refractivity contribution in [2.45, 2.75) is 31.4 Å². The molecule has 1 aliphatic rings. The molecule has 0 amide bonds. The molecule has 1 fully saturated rings. The van der Waals surface area contributed by atoms with Gasteiger partial charge in [-0.1, -0.05) is 30.3 Å². The first-order chi connectivity index (χ1) is 10.3. The monoisotopic (exact) mass is 283 g/mol. The smallest absolute Gasteiger partial charge is 0.127 e. The maximum absolute atomic E-state index is 10.3. The Morgan fingerprint density at radius 1 is 1.05 bits per heavy atom. The number of benzene rings is 2. The molecular weight excluding hydrogens is 262 g/mol. The predicted octanol–water partition coefficient (Wildman–Crippen LogP) is 3.65. The lowest BCUT2D eigenvalue weighted by Gasteiger charge is -2.16. The highest BCUT2D eigenvalue weighted by molar-refractivity contribution is 5.33. The summed E-state index contributed by atoms with van der Waals surface area (Å²) >= 11 is 0. The fourth-order valence-corrected chi connectivity index (χ4v) is 2.75. The molecule has 0 bridgehead atoms. The van der Waals surface area contributed by atoms with Gasteiger partial charge in [-0.15, -0.1) is 0 Å². The van der Waals surface area contributed by atoms with E-state index >= 15 is 0 Å². The van der Waals surface area contributed by atoms with Gasteiger partial charge in [0.2, 0.25) is 0 Å². The molecule has 0 aromatic heterocycles. The molecule has 1 aliphatic heterocycles. The van der Waals surface area contributed by atoms with Crippen molar-refractivity contribution in [2.24, 2.45) is 0 Å². The van der Waals surface area contributed by atoms with Gasteiger partial charge >= 0.3 is 0 Å². The van der Waals surface area contributed by atoms with Gasteiger partial charge in [0, 0.05) is 6.04 Å². The van der Waals surface area contributed by atoms with Crippen LogP contribution in [0.25, 0.3) is 0 Å². The molecule has 2 N–H and O–H groups in total. The van der Waals surface area contributed by atoms with Crippen molar-refractivity contribution >= 4 is 0 Å². The molecule has 2 atom stereocenters. The SMILES string of the molecule is OC(CC1CCCN1)c1ccc(Oc2ccccc2)cc1. The van der Waals surface area contributed by atoms with Crippen LogP contribution in [-0.2, 0) is 0 Å². The lowest BCUT2D eigenvalue weighted by Crippen LogP contribution is -2.23. The van der Waals surface area contributed by atoms with Crippen LogP contribution in [-0.4, -0.2) is 17.7 Å². The predicted molar refractivity (Wildman–Crippen MR) is 83.6 cm³/mol. The van der Waals surface area contributed by atoms with Gasteiger partial charge < -0.3 is 15.2 Å². The summed E-state index contributed by atoms with van der Waals surface area (Å²) in [7, 11) is 0. The topological polar surface area (TPSA) is 41.5 Å². The zero-order valence-corrected chi connectivity index (χ0v) is 12.0. The van der Waals surface area contributed by atoms with Crippen molar-refractivity contribution in [3.05, 3.63) is 60.2 Å². The van der Waals surface area contributed by atoms with Crippen molar-refractivity contribution < 1.29 is 9.84 Å². The molecule has 1 heterocycles. The third kappa shape index (κ3) is 3.84. The van der Waals surface area contributed by atoms with Crippen LogP contribution < -0.4 is 10.1 Å². The van der Waals surface area contributed by atoms with Gasteiger partial charge in [0.05, 0.1) is 6.10 Å². The number of hydrogen-bond acceptors (Lipinski definition) is 3. The minimum Gasteiger partial charge on any atom is -0.457 e. The third-order valence-corrected chi connectivity index (χ3v) is 3.91. The molecule has 1 saturated heterocycles. The van der Waals surface area contributed by atoms with E-state index in [2.05, 4.69) is 5.32 Å². The largest absolute Gasteiger partial charge is 0.457 e. The second-order valence-corrected chi connectivity index (χ2v) is 5.53. The van der Waals surface area contributed by atoms with E-state index in [1.54, 1.807) is 0 Å². The molecule has 2 unspecified atom stereocenters. The number of rotatable bonds is 5. The van der Waals surface area contributed by atoms with Gasteiger partial charge in [-0.05, 0) is 55.6 Å². The Labute approximate surface area is 125 Å². The summed E-state index contributed by atoms with van der Waals surface area (Å²) in [5.41, 5.74) is 0.948. The minimum absolute atomic E-state index is 0.411. The van der Waals surface area contributed by atoms with Crippen LogP contribution in [0.15, 0.2) is 54.6 Å². The Kier molecular flexibility index (Phi) is 4.53. The number of hydrogen-bond donors (Lipinski definition) is 2. The van der Waals surface area contributed by atoms with E-state index in [9.17, 15) is 5.11 Å². The van der Waals surface area contributed by atoms with Crippen LogP contribution >= 0.6 is 0 Å². The van der Waals surface area contributed by atoms with Crippen molar-refractivity contribution in [1.29, 1.82) is 0 Å². The number of aliphatic hydroxyl groups excluding tert-OH is 1. The van der Waals surface area contributed by atoms with Crippen LogP contribution in [0, 0.1) is 0 Å². The van der Waals surface area contributed by atoms with Crippen LogP contribution in [0.2, 0.25) is 0 Å². The summed E-state index contributed by atoms with van der Waals surface area (Å²) in [6.07, 6.45) is 2.73. The van der Waals surface area contributed by atoms with Crippen LogP contribution in [0.4, 0.5) is 0 Å². The Balaban J connectivity index is 1.60. The van der Waals surface area contributed by atoms with Gasteiger partial charge in [-0.25, -0.2) is 0 Å². The highest BCUT2D eigenvalue weighted by Crippen LogP contribution is 2.26. The van der Waals surface area contributed by atoms with Gasteiger partial charge in [0.25, 0.3) is 0 Å². The van der Waals surface area contributed by atoms with Crippen LogP contribution in [0.1, 0.15) is 30.9 Å². The number of para-hydroxylation sites is 1. The zero-order valence-electron chi connectivity index (χ0n) is 12.0. The van der Waals surface area contributed by atoms with E-state index in [0.717, 1.165) is 36.4 Å². The van der Waals surface area contributed by atoms with E-state index in [0.29, 0.717) is 6.04 Å². The molecule has 0 radical (unpaired) electrons. The van der Waals surface area contributed by atoms with E-state index in [-0.39, 0.29) is 0 Å². The summed E-state index contributed by atoms with van der Waals surface area (Å²) in [5.74, 6) is 1.61. The summed E-state index contributed by atoms with van der Waals surface area (Å²) in [6, 6.07) is 17.9. The Bertz CT molecular complexity index is 547. The molecule has 2 aromatic carbocycles. The highest BCUT2D eigenvalue weighted by Gasteiger charge is 2.19. The molecule has 3 rings (SSSR count). The van der Waals surface area contributed by atoms with Crippen molar-refractivity contribution in [1.82, 2.24) is 5.32 Å². The van der Waals surface area contributed by atoms with E-state index in [1.807, 2.05) is 54.6 Å². The van der Waals surface area contributed by atoms with Gasteiger partial charge in [-0.3, -0.25) is 0 Å². The maximum Gasteiger partial charge on any atom is 0.127 e. The fourth-order valence-electron chi connectivity index (χ4n) is 2.75. The quantitative estimate of drug-likeness (QED) is 0.880. The Morgan fingerprint density at radius 2 is 1.76 bits per heavy atom. The molecule has 110 valence electrons. The lowest BCUT2D eigenvalue weighted by atomic mass is 10.0. The highest BCUT2D eigenvalue weighted by atomic mass is 16.5. The lowest BCUT2D eigenvalue weighted by molar-refractivity contribution is 0.154. The minimum atomic E-state index is -0.411. The number of nitrogens with one attached hydrogen (secondary N) is 1. The average Bonchev–Trinajstić information content (AvgIpc) is 3.02. The average molecular weight is 283 g/mol. The van der Waals surface area contributed by atoms with Crippen LogP contribution in [0.3, 0.4) is 0 Å². The van der Waals surface area contributed by atoms with E-state index in [1.165, 1.54) is 6.42 Å². The number of aliphatic hydroxyl groups is 1. The second kappa shape index (κ2) is 6.74. The zero-order chi connectivity index (χ0) is 14.5. The molecular formula is C18H21NO2.